The molecule has 0 aromatic heterocycles. The second-order valence-electron chi connectivity index (χ2n) is 6.29. The van der Waals surface area contributed by atoms with Crippen LogP contribution in [0.4, 0.5) is 0 Å². The van der Waals surface area contributed by atoms with Crippen LogP contribution in [0.3, 0.4) is 0 Å². The van der Waals surface area contributed by atoms with Crippen LogP contribution in [0.2, 0.25) is 5.02 Å². The number of nitrogens with one attached hydrogen (secondary N) is 1. The minimum absolute atomic E-state index is 0.0932. The molecule has 1 aromatic carbocycles. The maximum atomic E-state index is 11.9. The van der Waals surface area contributed by atoms with Gasteiger partial charge in [-0.1, -0.05) is 30.7 Å². The zero-order valence-corrected chi connectivity index (χ0v) is 14.6. The molecule has 1 atom stereocenters. The molecule has 0 bridgehead atoms. The summed E-state index contributed by atoms with van der Waals surface area (Å²) in [5.74, 6) is 0.609. The summed E-state index contributed by atoms with van der Waals surface area (Å²) in [7, 11) is 0. The highest BCUT2D eigenvalue weighted by Gasteiger charge is 2.18. The van der Waals surface area contributed by atoms with Gasteiger partial charge in [0, 0.05) is 11.6 Å². The van der Waals surface area contributed by atoms with Crippen molar-refractivity contribution in [3.05, 3.63) is 34.9 Å². The van der Waals surface area contributed by atoms with E-state index in [-0.39, 0.29) is 12.3 Å². The molecule has 1 heterocycles. The van der Waals surface area contributed by atoms with Crippen LogP contribution in [0, 0.1) is 5.92 Å². The number of benzene rings is 1. The van der Waals surface area contributed by atoms with Gasteiger partial charge in [0.15, 0.2) is 0 Å². The van der Waals surface area contributed by atoms with Gasteiger partial charge in [0.05, 0.1) is 12.5 Å². The zero-order chi connectivity index (χ0) is 16.7. The second kappa shape index (κ2) is 9.26. The van der Waals surface area contributed by atoms with Crippen molar-refractivity contribution >= 4 is 17.5 Å². The summed E-state index contributed by atoms with van der Waals surface area (Å²) >= 11 is 5.82. The summed E-state index contributed by atoms with van der Waals surface area (Å²) in [4.78, 5) is 14.4. The van der Waals surface area contributed by atoms with Crippen molar-refractivity contribution in [2.45, 2.75) is 38.7 Å². The molecule has 0 spiro atoms. The highest BCUT2D eigenvalue weighted by atomic mass is 35.5. The molecule has 0 aliphatic carbocycles. The fraction of sp³-hybridized carbons (Fsp3) is 0.611. The average molecular weight is 339 g/mol. The normalized spacial score (nSPS) is 17.9. The van der Waals surface area contributed by atoms with Crippen LogP contribution >= 0.6 is 11.6 Å². The van der Waals surface area contributed by atoms with Crippen LogP contribution in [-0.2, 0) is 4.79 Å². The molecule has 1 fully saturated rings. The third kappa shape index (κ3) is 6.13. The molecule has 1 unspecified atom stereocenters. The summed E-state index contributed by atoms with van der Waals surface area (Å²) in [6.45, 7) is 6.37. The van der Waals surface area contributed by atoms with Gasteiger partial charge in [-0.3, -0.25) is 4.79 Å². The molecule has 2 rings (SSSR count). The summed E-state index contributed by atoms with van der Waals surface area (Å²) in [6, 6.07) is 6.95. The highest BCUT2D eigenvalue weighted by molar-refractivity contribution is 6.30. The van der Waals surface area contributed by atoms with Crippen molar-refractivity contribution in [2.24, 2.45) is 5.92 Å². The van der Waals surface area contributed by atoms with Crippen LogP contribution in [-0.4, -0.2) is 42.1 Å². The summed E-state index contributed by atoms with van der Waals surface area (Å²) < 4.78 is 0. The number of aliphatic hydroxyl groups is 1. The minimum Gasteiger partial charge on any atom is -0.388 e. The Bertz CT molecular complexity index is 484. The monoisotopic (exact) mass is 338 g/mol. The van der Waals surface area contributed by atoms with Crippen LogP contribution < -0.4 is 5.32 Å². The smallest absolute Gasteiger partial charge is 0.222 e. The number of piperidine rings is 1. The summed E-state index contributed by atoms with van der Waals surface area (Å²) in [6.07, 6.45) is 2.78. The Morgan fingerprint density at radius 1 is 1.35 bits per heavy atom. The van der Waals surface area contributed by atoms with Crippen LogP contribution in [0.15, 0.2) is 24.3 Å². The number of aliphatic hydroxyl groups excluding tert-OH is 1. The van der Waals surface area contributed by atoms with E-state index in [2.05, 4.69) is 17.1 Å². The number of rotatable bonds is 7. The Morgan fingerprint density at radius 2 is 2.00 bits per heavy atom. The van der Waals surface area contributed by atoms with Crippen molar-refractivity contribution in [2.75, 3.05) is 26.2 Å². The molecule has 1 aliphatic rings. The van der Waals surface area contributed by atoms with E-state index in [0.29, 0.717) is 17.5 Å². The van der Waals surface area contributed by atoms with Crippen LogP contribution in [0.5, 0.6) is 0 Å². The predicted octanol–water partition coefficient (Wildman–Crippen LogP) is 3.00. The predicted molar refractivity (Wildman–Crippen MR) is 93.5 cm³/mol. The van der Waals surface area contributed by atoms with E-state index in [0.717, 1.165) is 18.5 Å². The number of carbonyl (C=O) groups excluding carboxylic acids is 1. The lowest BCUT2D eigenvalue weighted by atomic mass is 9.93. The van der Waals surface area contributed by atoms with Gasteiger partial charge in [0.1, 0.15) is 0 Å². The molecule has 128 valence electrons. The van der Waals surface area contributed by atoms with Crippen molar-refractivity contribution < 1.29 is 9.90 Å². The van der Waals surface area contributed by atoms with Gasteiger partial charge in [0.25, 0.3) is 0 Å². The second-order valence-corrected chi connectivity index (χ2v) is 6.72. The summed E-state index contributed by atoms with van der Waals surface area (Å²) in [5, 5.41) is 13.6. The molecule has 1 aliphatic heterocycles. The number of carbonyl (C=O) groups is 1. The number of hydrogen-bond acceptors (Lipinski definition) is 3. The van der Waals surface area contributed by atoms with Crippen molar-refractivity contribution in [1.82, 2.24) is 10.2 Å². The van der Waals surface area contributed by atoms with E-state index >= 15 is 0 Å². The number of likely N-dealkylation sites (tertiary alicyclic amines) is 1. The van der Waals surface area contributed by atoms with Crippen molar-refractivity contribution in [3.63, 3.8) is 0 Å². The molecule has 1 aromatic rings. The lowest BCUT2D eigenvalue weighted by Gasteiger charge is -2.31. The number of amides is 1. The molecular formula is C18H27ClN2O2. The van der Waals surface area contributed by atoms with Gasteiger partial charge in [-0.05, 0) is 62.5 Å². The van der Waals surface area contributed by atoms with Gasteiger partial charge in [-0.25, -0.2) is 0 Å². The first-order valence-electron chi connectivity index (χ1n) is 8.51. The molecular weight excluding hydrogens is 312 g/mol. The van der Waals surface area contributed by atoms with E-state index in [1.54, 1.807) is 24.3 Å². The molecule has 23 heavy (non-hydrogen) atoms. The number of hydrogen-bond donors (Lipinski definition) is 2. The van der Waals surface area contributed by atoms with Crippen molar-refractivity contribution in [3.8, 4) is 0 Å². The standard InChI is InChI=1S/C18H27ClN2O2/c1-2-21-11-8-14(9-12-21)7-10-20-18(23)13-17(22)15-3-5-16(19)6-4-15/h3-6,14,17,22H,2,7-13H2,1H3,(H,20,23). The largest absolute Gasteiger partial charge is 0.388 e. The SMILES string of the molecule is CCN1CCC(CCNC(=O)CC(O)c2ccc(Cl)cc2)CC1. The first-order valence-corrected chi connectivity index (χ1v) is 8.89. The Balaban J connectivity index is 1.64. The highest BCUT2D eigenvalue weighted by Crippen LogP contribution is 2.20. The lowest BCUT2D eigenvalue weighted by molar-refractivity contribution is -0.123. The van der Waals surface area contributed by atoms with Gasteiger partial charge < -0.3 is 15.3 Å². The Morgan fingerprint density at radius 3 is 2.61 bits per heavy atom. The van der Waals surface area contributed by atoms with Gasteiger partial charge >= 0.3 is 0 Å². The molecule has 0 radical (unpaired) electrons. The van der Waals surface area contributed by atoms with Crippen LogP contribution in [0.25, 0.3) is 0 Å². The lowest BCUT2D eigenvalue weighted by Crippen LogP contribution is -2.35. The molecule has 2 N–H and O–H groups in total. The third-order valence-electron chi connectivity index (χ3n) is 4.66. The molecule has 1 amide bonds. The number of nitrogens with zero attached hydrogens (tertiary/aromatic N) is 1. The molecule has 4 nitrogen and oxygen atoms in total. The number of halogens is 1. The third-order valence-corrected chi connectivity index (χ3v) is 4.91. The van der Waals surface area contributed by atoms with Gasteiger partial charge in [0.2, 0.25) is 5.91 Å². The van der Waals surface area contributed by atoms with E-state index in [4.69, 9.17) is 11.6 Å². The van der Waals surface area contributed by atoms with Gasteiger partial charge in [-0.2, -0.15) is 0 Å². The first-order chi connectivity index (χ1) is 11.1. The van der Waals surface area contributed by atoms with Crippen molar-refractivity contribution in [1.29, 1.82) is 0 Å². The Hall–Kier alpha value is -1.10. The first kappa shape index (κ1) is 18.2. The fourth-order valence-electron chi connectivity index (χ4n) is 3.06. The Labute approximate surface area is 143 Å². The maximum absolute atomic E-state index is 11.9. The topological polar surface area (TPSA) is 52.6 Å². The maximum Gasteiger partial charge on any atom is 0.222 e. The van der Waals surface area contributed by atoms with E-state index < -0.39 is 6.10 Å². The van der Waals surface area contributed by atoms with Crippen LogP contribution in [0.1, 0.15) is 44.3 Å². The molecule has 1 saturated heterocycles. The quantitative estimate of drug-likeness (QED) is 0.803. The fourth-order valence-corrected chi connectivity index (χ4v) is 3.18. The van der Waals surface area contributed by atoms with E-state index in [9.17, 15) is 9.90 Å². The molecule has 0 saturated carbocycles. The zero-order valence-electron chi connectivity index (χ0n) is 13.8. The van der Waals surface area contributed by atoms with E-state index in [1.807, 2.05) is 0 Å². The minimum atomic E-state index is -0.778. The van der Waals surface area contributed by atoms with Gasteiger partial charge in [-0.15, -0.1) is 0 Å². The average Bonchev–Trinajstić information content (AvgIpc) is 2.56. The van der Waals surface area contributed by atoms with E-state index in [1.165, 1.54) is 25.9 Å². The summed E-state index contributed by atoms with van der Waals surface area (Å²) in [5.41, 5.74) is 0.719. The Kier molecular flexibility index (Phi) is 7.34. The molecule has 5 heteroatoms.